The monoisotopic (exact) mass is 325 g/mol. The van der Waals surface area contributed by atoms with Crippen molar-refractivity contribution < 1.29 is 18.7 Å². The summed E-state index contributed by atoms with van der Waals surface area (Å²) in [4.78, 5) is 27.5. The average Bonchev–Trinajstić information content (AvgIpc) is 2.98. The van der Waals surface area contributed by atoms with Gasteiger partial charge < -0.3 is 9.72 Å². The van der Waals surface area contributed by atoms with Gasteiger partial charge in [0, 0.05) is 22.7 Å². The van der Waals surface area contributed by atoms with Crippen LogP contribution in [0.15, 0.2) is 54.7 Å². The van der Waals surface area contributed by atoms with Crippen molar-refractivity contribution in [3.8, 4) is 0 Å². The van der Waals surface area contributed by atoms with Gasteiger partial charge in [0.25, 0.3) is 0 Å². The lowest BCUT2D eigenvalue weighted by Gasteiger charge is -2.12. The van der Waals surface area contributed by atoms with Crippen molar-refractivity contribution in [2.45, 2.75) is 19.4 Å². The maximum atomic E-state index is 13.1. The molecule has 0 aliphatic carbocycles. The molecule has 2 aromatic carbocycles. The summed E-state index contributed by atoms with van der Waals surface area (Å²) < 4.78 is 18.3. The molecule has 122 valence electrons. The molecule has 0 spiro atoms. The number of esters is 1. The zero-order valence-corrected chi connectivity index (χ0v) is 13.1. The molecule has 1 N–H and O–H groups in total. The third-order valence-corrected chi connectivity index (χ3v) is 3.77. The van der Waals surface area contributed by atoms with Crippen molar-refractivity contribution in [3.63, 3.8) is 0 Å². The zero-order valence-electron chi connectivity index (χ0n) is 13.1. The summed E-state index contributed by atoms with van der Waals surface area (Å²) in [6.07, 6.45) is 0.623. The van der Waals surface area contributed by atoms with Gasteiger partial charge in [0.1, 0.15) is 5.82 Å². The second kappa shape index (κ2) is 6.66. The van der Waals surface area contributed by atoms with E-state index in [0.717, 1.165) is 10.9 Å². The van der Waals surface area contributed by atoms with Gasteiger partial charge in [-0.3, -0.25) is 9.59 Å². The number of Topliss-reactive ketones (excluding diaryl/α,β-unsaturated/α-hetero) is 1. The number of aromatic nitrogens is 1. The van der Waals surface area contributed by atoms with Gasteiger partial charge in [-0.1, -0.05) is 30.3 Å². The Hall–Kier alpha value is -2.95. The number of benzene rings is 2. The van der Waals surface area contributed by atoms with Crippen LogP contribution in [0.1, 0.15) is 22.8 Å². The first-order valence-electron chi connectivity index (χ1n) is 7.59. The van der Waals surface area contributed by atoms with Crippen molar-refractivity contribution in [1.29, 1.82) is 0 Å². The summed E-state index contributed by atoms with van der Waals surface area (Å²) in [7, 11) is 0. The molecule has 0 fully saturated rings. The normalized spacial score (nSPS) is 12.1. The Morgan fingerprint density at radius 2 is 1.96 bits per heavy atom. The van der Waals surface area contributed by atoms with Gasteiger partial charge in [-0.15, -0.1) is 0 Å². The maximum absolute atomic E-state index is 13.1. The minimum Gasteiger partial charge on any atom is -0.454 e. The second-order valence-corrected chi connectivity index (χ2v) is 5.55. The van der Waals surface area contributed by atoms with E-state index in [1.807, 2.05) is 24.3 Å². The number of para-hydroxylation sites is 1. The molecule has 1 atom stereocenters. The minimum atomic E-state index is -0.912. The van der Waals surface area contributed by atoms with E-state index in [9.17, 15) is 14.0 Å². The number of halogens is 1. The molecule has 3 rings (SSSR count). The van der Waals surface area contributed by atoms with Crippen molar-refractivity contribution in [2.24, 2.45) is 0 Å². The van der Waals surface area contributed by atoms with Gasteiger partial charge in [0.15, 0.2) is 6.10 Å². The summed E-state index contributed by atoms with van der Waals surface area (Å²) in [5.74, 6) is -1.26. The SMILES string of the molecule is CC(OC(=O)Cc1cccc(F)c1)C(=O)c1c[nH]c2ccccc12. The fraction of sp³-hybridized carbons (Fsp3) is 0.158. The Bertz CT molecular complexity index is 900. The van der Waals surface area contributed by atoms with Crippen LogP contribution >= 0.6 is 0 Å². The Morgan fingerprint density at radius 3 is 2.75 bits per heavy atom. The lowest BCUT2D eigenvalue weighted by atomic mass is 10.1. The van der Waals surface area contributed by atoms with E-state index >= 15 is 0 Å². The van der Waals surface area contributed by atoms with Crippen LogP contribution < -0.4 is 0 Å². The highest BCUT2D eigenvalue weighted by Crippen LogP contribution is 2.20. The molecule has 0 bridgehead atoms. The fourth-order valence-electron chi connectivity index (χ4n) is 2.60. The molecule has 1 aromatic heterocycles. The molecule has 0 saturated heterocycles. The summed E-state index contributed by atoms with van der Waals surface area (Å²) in [5.41, 5.74) is 1.84. The zero-order chi connectivity index (χ0) is 17.1. The van der Waals surface area contributed by atoms with E-state index in [2.05, 4.69) is 4.98 Å². The van der Waals surface area contributed by atoms with Crippen molar-refractivity contribution in [2.75, 3.05) is 0 Å². The molecule has 1 unspecified atom stereocenters. The van der Waals surface area contributed by atoms with Gasteiger partial charge in [-0.05, 0) is 30.7 Å². The molecule has 24 heavy (non-hydrogen) atoms. The number of aromatic amines is 1. The van der Waals surface area contributed by atoms with Crippen LogP contribution in [0, 0.1) is 5.82 Å². The number of nitrogens with one attached hydrogen (secondary N) is 1. The maximum Gasteiger partial charge on any atom is 0.310 e. The van der Waals surface area contributed by atoms with Crippen molar-refractivity contribution >= 4 is 22.7 Å². The minimum absolute atomic E-state index is 0.0801. The smallest absolute Gasteiger partial charge is 0.310 e. The van der Waals surface area contributed by atoms with E-state index in [4.69, 9.17) is 4.74 Å². The number of ketones is 1. The first-order valence-corrected chi connectivity index (χ1v) is 7.59. The summed E-state index contributed by atoms with van der Waals surface area (Å²) >= 11 is 0. The van der Waals surface area contributed by atoms with Gasteiger partial charge in [0.05, 0.1) is 6.42 Å². The molecule has 0 amide bonds. The highest BCUT2D eigenvalue weighted by Gasteiger charge is 2.22. The Kier molecular flexibility index (Phi) is 4.42. The molecule has 0 aliphatic heterocycles. The molecule has 0 aliphatic rings. The Morgan fingerprint density at radius 1 is 1.17 bits per heavy atom. The highest BCUT2D eigenvalue weighted by atomic mass is 19.1. The Balaban J connectivity index is 1.69. The number of hydrogen-bond donors (Lipinski definition) is 1. The molecule has 5 heteroatoms. The van der Waals surface area contributed by atoms with Crippen molar-refractivity contribution in [1.82, 2.24) is 4.98 Å². The van der Waals surface area contributed by atoms with Gasteiger partial charge in [-0.2, -0.15) is 0 Å². The second-order valence-electron chi connectivity index (χ2n) is 5.55. The average molecular weight is 325 g/mol. The van der Waals surface area contributed by atoms with Gasteiger partial charge in [0.2, 0.25) is 5.78 Å². The van der Waals surface area contributed by atoms with Crippen LogP contribution in [-0.4, -0.2) is 22.8 Å². The molecule has 0 saturated carbocycles. The van der Waals surface area contributed by atoms with Crippen LogP contribution in [0.25, 0.3) is 10.9 Å². The molecule has 3 aromatic rings. The lowest BCUT2D eigenvalue weighted by molar-refractivity contribution is -0.145. The summed E-state index contributed by atoms with van der Waals surface area (Å²) in [5, 5.41) is 0.788. The molecular formula is C19H16FNO3. The number of rotatable bonds is 5. The number of ether oxygens (including phenoxy) is 1. The quantitative estimate of drug-likeness (QED) is 0.575. The first-order chi connectivity index (χ1) is 11.5. The standard InChI is InChI=1S/C19H16FNO3/c1-12(24-18(22)10-13-5-4-6-14(20)9-13)19(23)16-11-21-17-8-3-2-7-15(16)17/h2-9,11-12,21H,10H2,1H3. The van der Waals surface area contributed by atoms with Crippen LogP contribution in [0.3, 0.4) is 0 Å². The predicted molar refractivity (Wildman–Crippen MR) is 88.3 cm³/mol. The van der Waals surface area contributed by atoms with Crippen LogP contribution in [0.2, 0.25) is 0 Å². The number of fused-ring (bicyclic) bond motifs is 1. The largest absolute Gasteiger partial charge is 0.454 e. The van der Waals surface area contributed by atoms with E-state index in [0.29, 0.717) is 11.1 Å². The fourth-order valence-corrected chi connectivity index (χ4v) is 2.60. The molecule has 4 nitrogen and oxygen atoms in total. The lowest BCUT2D eigenvalue weighted by Crippen LogP contribution is -2.25. The van der Waals surface area contributed by atoms with Crippen molar-refractivity contribution in [3.05, 3.63) is 71.7 Å². The van der Waals surface area contributed by atoms with E-state index < -0.39 is 17.9 Å². The summed E-state index contributed by atoms with van der Waals surface area (Å²) in [6, 6.07) is 13.1. The third kappa shape index (κ3) is 3.35. The Labute approximate surface area is 138 Å². The topological polar surface area (TPSA) is 59.2 Å². The number of hydrogen-bond acceptors (Lipinski definition) is 3. The first kappa shape index (κ1) is 15.9. The van der Waals surface area contributed by atoms with Gasteiger partial charge in [-0.25, -0.2) is 4.39 Å². The number of H-pyrrole nitrogens is 1. The number of carbonyl (C=O) groups excluding carboxylic acids is 2. The van der Waals surface area contributed by atoms with Crippen LogP contribution in [0.5, 0.6) is 0 Å². The van der Waals surface area contributed by atoms with E-state index in [-0.39, 0.29) is 12.2 Å². The molecule has 1 heterocycles. The summed E-state index contributed by atoms with van der Waals surface area (Å²) in [6.45, 7) is 1.54. The number of carbonyl (C=O) groups is 2. The van der Waals surface area contributed by atoms with Crippen LogP contribution in [0.4, 0.5) is 4.39 Å². The van der Waals surface area contributed by atoms with Gasteiger partial charge >= 0.3 is 5.97 Å². The van der Waals surface area contributed by atoms with Crippen LogP contribution in [-0.2, 0) is 16.0 Å². The highest BCUT2D eigenvalue weighted by molar-refractivity contribution is 6.10. The molecular weight excluding hydrogens is 309 g/mol. The molecule has 0 radical (unpaired) electrons. The third-order valence-electron chi connectivity index (χ3n) is 3.77. The van der Waals surface area contributed by atoms with E-state index in [1.54, 1.807) is 12.3 Å². The van der Waals surface area contributed by atoms with E-state index in [1.165, 1.54) is 25.1 Å². The predicted octanol–water partition coefficient (Wildman–Crippen LogP) is 3.66.